The maximum atomic E-state index is 11.3. The maximum Gasteiger partial charge on any atom is 0.349 e. The molecule has 1 aliphatic heterocycles. The summed E-state index contributed by atoms with van der Waals surface area (Å²) in [6.45, 7) is 0. The van der Waals surface area contributed by atoms with E-state index >= 15 is 0 Å². The SMILES string of the molecule is O=C1OC1C(c1ccccc1)c1ccccc1. The summed E-state index contributed by atoms with van der Waals surface area (Å²) in [5.74, 6) is -0.0902. The number of benzene rings is 2. The number of ether oxygens (including phenoxy) is 1. The second kappa shape index (κ2) is 4.06. The maximum absolute atomic E-state index is 11.3. The van der Waals surface area contributed by atoms with Gasteiger partial charge < -0.3 is 4.74 Å². The summed E-state index contributed by atoms with van der Waals surface area (Å²) in [5.41, 5.74) is 2.24. The van der Waals surface area contributed by atoms with E-state index < -0.39 is 0 Å². The number of epoxide rings is 1. The summed E-state index contributed by atoms with van der Waals surface area (Å²) < 4.78 is 5.05. The van der Waals surface area contributed by atoms with Crippen molar-refractivity contribution in [3.63, 3.8) is 0 Å². The topological polar surface area (TPSA) is 29.6 Å². The van der Waals surface area contributed by atoms with Crippen LogP contribution in [0.2, 0.25) is 0 Å². The first-order valence-corrected chi connectivity index (χ1v) is 5.66. The fraction of sp³-hybridized carbons (Fsp3) is 0.133. The van der Waals surface area contributed by atoms with Crippen molar-refractivity contribution in [1.29, 1.82) is 0 Å². The molecule has 1 fully saturated rings. The zero-order chi connectivity index (χ0) is 11.7. The Balaban J connectivity index is 2.02. The van der Waals surface area contributed by atoms with E-state index in [0.29, 0.717) is 0 Å². The first-order valence-electron chi connectivity index (χ1n) is 5.66. The van der Waals surface area contributed by atoms with Crippen molar-refractivity contribution < 1.29 is 9.53 Å². The van der Waals surface area contributed by atoms with Gasteiger partial charge in [0, 0.05) is 0 Å². The molecule has 3 rings (SSSR count). The molecule has 2 nitrogen and oxygen atoms in total. The largest absolute Gasteiger partial charge is 0.447 e. The predicted molar refractivity (Wildman–Crippen MR) is 64.6 cm³/mol. The van der Waals surface area contributed by atoms with E-state index in [0.717, 1.165) is 11.1 Å². The van der Waals surface area contributed by atoms with Gasteiger partial charge in [-0.05, 0) is 11.1 Å². The van der Waals surface area contributed by atoms with Crippen LogP contribution in [-0.2, 0) is 9.53 Å². The Morgan fingerprint density at radius 1 is 0.824 bits per heavy atom. The molecule has 1 atom stereocenters. The van der Waals surface area contributed by atoms with Crippen LogP contribution in [0.4, 0.5) is 0 Å². The van der Waals surface area contributed by atoms with E-state index in [1.807, 2.05) is 60.7 Å². The van der Waals surface area contributed by atoms with Gasteiger partial charge in [-0.3, -0.25) is 0 Å². The van der Waals surface area contributed by atoms with Crippen LogP contribution in [0.3, 0.4) is 0 Å². The second-order valence-corrected chi connectivity index (χ2v) is 4.16. The van der Waals surface area contributed by atoms with E-state index in [2.05, 4.69) is 0 Å². The summed E-state index contributed by atoms with van der Waals surface area (Å²) in [5, 5.41) is 0. The smallest absolute Gasteiger partial charge is 0.349 e. The highest BCUT2D eigenvalue weighted by Crippen LogP contribution is 2.36. The van der Waals surface area contributed by atoms with Gasteiger partial charge in [0.2, 0.25) is 6.10 Å². The van der Waals surface area contributed by atoms with Crippen LogP contribution < -0.4 is 0 Å². The van der Waals surface area contributed by atoms with Crippen molar-refractivity contribution in [2.24, 2.45) is 0 Å². The number of rotatable bonds is 3. The lowest BCUT2D eigenvalue weighted by atomic mass is 9.89. The minimum Gasteiger partial charge on any atom is -0.447 e. The minimum absolute atomic E-state index is 0.0184. The summed E-state index contributed by atoms with van der Waals surface area (Å²) in [6.07, 6.45) is -0.306. The molecule has 2 aromatic carbocycles. The standard InChI is InChI=1S/C15H12O2/c16-15-14(17-15)13(11-7-3-1-4-8-11)12-9-5-2-6-10-12/h1-10,13-14H. The Bertz CT molecular complexity index is 480. The Morgan fingerprint density at radius 3 is 1.59 bits per heavy atom. The molecule has 1 saturated heterocycles. The molecule has 1 heterocycles. The number of carbonyl (C=O) groups excluding carboxylic acids is 1. The van der Waals surface area contributed by atoms with Crippen molar-refractivity contribution >= 4 is 5.97 Å². The third-order valence-electron chi connectivity index (χ3n) is 3.04. The average Bonchev–Trinajstić information content (AvgIpc) is 3.09. The lowest BCUT2D eigenvalue weighted by Gasteiger charge is -2.13. The quantitative estimate of drug-likeness (QED) is 0.750. The monoisotopic (exact) mass is 224 g/mol. The predicted octanol–water partition coefficient (Wildman–Crippen LogP) is 2.74. The Morgan fingerprint density at radius 2 is 1.24 bits per heavy atom. The molecule has 0 aliphatic carbocycles. The summed E-state index contributed by atoms with van der Waals surface area (Å²) in [7, 11) is 0. The van der Waals surface area contributed by atoms with Crippen LogP contribution in [0.5, 0.6) is 0 Å². The van der Waals surface area contributed by atoms with Gasteiger partial charge in [0.05, 0.1) is 5.92 Å². The molecular formula is C15H12O2. The highest BCUT2D eigenvalue weighted by molar-refractivity contribution is 5.89. The number of cyclic esters (lactones) is 1. The highest BCUT2D eigenvalue weighted by atomic mass is 16.6. The molecule has 84 valence electrons. The molecule has 1 aliphatic rings. The molecule has 0 aromatic heterocycles. The number of carbonyl (C=O) groups is 1. The van der Waals surface area contributed by atoms with Crippen molar-refractivity contribution in [2.45, 2.75) is 12.0 Å². The van der Waals surface area contributed by atoms with E-state index in [-0.39, 0.29) is 18.0 Å². The molecule has 2 aromatic rings. The van der Waals surface area contributed by atoms with Gasteiger partial charge in [-0.25, -0.2) is 4.79 Å². The summed E-state index contributed by atoms with van der Waals surface area (Å²) in [4.78, 5) is 11.3. The molecule has 0 saturated carbocycles. The molecule has 0 N–H and O–H groups in total. The molecular weight excluding hydrogens is 212 g/mol. The van der Waals surface area contributed by atoms with Gasteiger partial charge in [0.15, 0.2) is 0 Å². The van der Waals surface area contributed by atoms with Gasteiger partial charge in [0.25, 0.3) is 0 Å². The first kappa shape index (κ1) is 10.1. The highest BCUT2D eigenvalue weighted by Gasteiger charge is 2.46. The van der Waals surface area contributed by atoms with Crippen LogP contribution in [0.25, 0.3) is 0 Å². The van der Waals surface area contributed by atoms with Crippen LogP contribution in [0.15, 0.2) is 60.7 Å². The van der Waals surface area contributed by atoms with Crippen LogP contribution in [0.1, 0.15) is 17.0 Å². The third kappa shape index (κ3) is 1.94. The second-order valence-electron chi connectivity index (χ2n) is 4.16. The van der Waals surface area contributed by atoms with Gasteiger partial charge >= 0.3 is 5.97 Å². The van der Waals surface area contributed by atoms with Crippen LogP contribution in [0, 0.1) is 0 Å². The third-order valence-corrected chi connectivity index (χ3v) is 3.04. The van der Waals surface area contributed by atoms with Crippen LogP contribution in [-0.4, -0.2) is 12.1 Å². The van der Waals surface area contributed by atoms with Gasteiger partial charge in [0.1, 0.15) is 0 Å². The van der Waals surface area contributed by atoms with Crippen LogP contribution >= 0.6 is 0 Å². The average molecular weight is 224 g/mol. The Labute approximate surface area is 99.9 Å². The summed E-state index contributed by atoms with van der Waals surface area (Å²) >= 11 is 0. The molecule has 2 heteroatoms. The van der Waals surface area contributed by atoms with E-state index in [4.69, 9.17) is 4.74 Å². The van der Waals surface area contributed by atoms with Crippen molar-refractivity contribution in [2.75, 3.05) is 0 Å². The van der Waals surface area contributed by atoms with Gasteiger partial charge in [-0.2, -0.15) is 0 Å². The van der Waals surface area contributed by atoms with Crippen molar-refractivity contribution in [1.82, 2.24) is 0 Å². The summed E-state index contributed by atoms with van der Waals surface area (Å²) in [6, 6.07) is 20.0. The number of hydrogen-bond donors (Lipinski definition) is 0. The molecule has 0 spiro atoms. The van der Waals surface area contributed by atoms with Gasteiger partial charge in [-0.15, -0.1) is 0 Å². The fourth-order valence-corrected chi connectivity index (χ4v) is 2.16. The first-order chi connectivity index (χ1) is 8.36. The van der Waals surface area contributed by atoms with Crippen molar-refractivity contribution in [3.05, 3.63) is 71.8 Å². The Hall–Kier alpha value is -2.09. The van der Waals surface area contributed by atoms with Gasteiger partial charge in [-0.1, -0.05) is 60.7 Å². The minimum atomic E-state index is -0.306. The molecule has 0 bridgehead atoms. The van der Waals surface area contributed by atoms with E-state index in [9.17, 15) is 4.79 Å². The van der Waals surface area contributed by atoms with Crippen molar-refractivity contribution in [3.8, 4) is 0 Å². The number of hydrogen-bond acceptors (Lipinski definition) is 2. The zero-order valence-corrected chi connectivity index (χ0v) is 9.24. The molecule has 0 radical (unpaired) electrons. The molecule has 17 heavy (non-hydrogen) atoms. The normalized spacial score (nSPS) is 17.9. The zero-order valence-electron chi connectivity index (χ0n) is 9.24. The Kier molecular flexibility index (Phi) is 2.41. The lowest BCUT2D eigenvalue weighted by Crippen LogP contribution is -2.09. The fourth-order valence-electron chi connectivity index (χ4n) is 2.16. The molecule has 0 amide bonds. The lowest BCUT2D eigenvalue weighted by molar-refractivity contribution is -0.117. The van der Waals surface area contributed by atoms with E-state index in [1.54, 1.807) is 0 Å². The molecule has 1 unspecified atom stereocenters. The van der Waals surface area contributed by atoms with E-state index in [1.165, 1.54) is 0 Å².